The maximum Gasteiger partial charge on any atom is 0.0649 e. The molecule has 0 unspecified atom stereocenters. The zero-order chi connectivity index (χ0) is 11.9. The Morgan fingerprint density at radius 3 is 1.80 bits per heavy atom. The van der Waals surface area contributed by atoms with E-state index in [9.17, 15) is 0 Å². The van der Waals surface area contributed by atoms with Crippen LogP contribution in [0.5, 0.6) is 0 Å². The van der Waals surface area contributed by atoms with E-state index in [4.69, 9.17) is 4.74 Å². The Labute approximate surface area is 108 Å². The molecule has 0 rings (SSSR count). The van der Waals surface area contributed by atoms with Crippen molar-refractivity contribution in [3.63, 3.8) is 0 Å². The van der Waals surface area contributed by atoms with Crippen molar-refractivity contribution in [1.29, 1.82) is 0 Å². The van der Waals surface area contributed by atoms with Crippen molar-refractivity contribution in [3.05, 3.63) is 0 Å². The molecule has 0 aromatic heterocycles. The quantitative estimate of drug-likeness (QED) is 0.325. The smallest absolute Gasteiger partial charge is 0.0649 e. The predicted molar refractivity (Wildman–Crippen MR) is 74.7 cm³/mol. The fourth-order valence-electron chi connectivity index (χ4n) is 1.02. The molecule has 4 heteroatoms. The fourth-order valence-corrected chi connectivity index (χ4v) is 1.29. The molecule has 0 fully saturated rings. The van der Waals surface area contributed by atoms with E-state index in [0.29, 0.717) is 0 Å². The standard InChI is InChI=1S/C11H25IN2O/c1-10(2,3)13-6-8-15-9-7-14-11(4,5)12/h13-14H,6-9H2,1-5H3. The molecule has 0 aliphatic rings. The summed E-state index contributed by atoms with van der Waals surface area (Å²) in [4.78, 5) is 0. The van der Waals surface area contributed by atoms with Gasteiger partial charge >= 0.3 is 0 Å². The third-order valence-electron chi connectivity index (χ3n) is 1.69. The van der Waals surface area contributed by atoms with E-state index >= 15 is 0 Å². The van der Waals surface area contributed by atoms with E-state index in [0.717, 1.165) is 26.3 Å². The van der Waals surface area contributed by atoms with Crippen molar-refractivity contribution in [1.82, 2.24) is 10.6 Å². The molecule has 0 aromatic carbocycles. The molecule has 0 heterocycles. The molecule has 92 valence electrons. The van der Waals surface area contributed by atoms with Crippen molar-refractivity contribution in [2.24, 2.45) is 0 Å². The molecule has 0 aliphatic heterocycles. The lowest BCUT2D eigenvalue weighted by Crippen LogP contribution is -2.39. The summed E-state index contributed by atoms with van der Waals surface area (Å²) in [6.07, 6.45) is 0. The van der Waals surface area contributed by atoms with E-state index in [1.54, 1.807) is 0 Å². The zero-order valence-corrected chi connectivity index (χ0v) is 12.8. The van der Waals surface area contributed by atoms with Gasteiger partial charge in [-0.25, -0.2) is 0 Å². The summed E-state index contributed by atoms with van der Waals surface area (Å²) in [5.74, 6) is 0. The summed E-state index contributed by atoms with van der Waals surface area (Å²) in [6.45, 7) is 14.2. The van der Waals surface area contributed by atoms with Crippen molar-refractivity contribution < 1.29 is 4.74 Å². The molecule has 0 atom stereocenters. The number of rotatable bonds is 7. The first-order valence-electron chi connectivity index (χ1n) is 5.47. The van der Waals surface area contributed by atoms with Crippen LogP contribution < -0.4 is 10.6 Å². The van der Waals surface area contributed by atoms with Crippen LogP contribution in [0.3, 0.4) is 0 Å². The van der Waals surface area contributed by atoms with Crippen molar-refractivity contribution >= 4 is 22.6 Å². The summed E-state index contributed by atoms with van der Waals surface area (Å²) in [7, 11) is 0. The lowest BCUT2D eigenvalue weighted by atomic mass is 10.1. The van der Waals surface area contributed by atoms with Crippen LogP contribution in [-0.4, -0.2) is 35.4 Å². The Balaban J connectivity index is 3.20. The number of halogens is 1. The van der Waals surface area contributed by atoms with Crippen LogP contribution in [-0.2, 0) is 4.74 Å². The molecule has 0 aromatic rings. The van der Waals surface area contributed by atoms with Crippen molar-refractivity contribution in [2.45, 2.75) is 43.7 Å². The summed E-state index contributed by atoms with van der Waals surface area (Å²) < 4.78 is 5.65. The number of hydrogen-bond donors (Lipinski definition) is 2. The van der Waals surface area contributed by atoms with Gasteiger partial charge in [0.05, 0.1) is 16.8 Å². The van der Waals surface area contributed by atoms with Gasteiger partial charge in [0.15, 0.2) is 0 Å². The van der Waals surface area contributed by atoms with Gasteiger partial charge in [-0.2, -0.15) is 0 Å². The Morgan fingerprint density at radius 1 is 0.933 bits per heavy atom. The maximum absolute atomic E-state index is 5.50. The van der Waals surface area contributed by atoms with Crippen LogP contribution >= 0.6 is 22.6 Å². The number of nitrogens with one attached hydrogen (secondary N) is 2. The zero-order valence-electron chi connectivity index (χ0n) is 10.6. The van der Waals surface area contributed by atoms with Crippen LogP contribution in [0, 0.1) is 0 Å². The minimum atomic E-state index is 0.158. The highest BCUT2D eigenvalue weighted by Crippen LogP contribution is 2.10. The van der Waals surface area contributed by atoms with Gasteiger partial charge in [-0.1, -0.05) is 22.6 Å². The SMILES string of the molecule is CC(C)(C)NCCOCCNC(C)(C)I. The van der Waals surface area contributed by atoms with E-state index in [1.165, 1.54) is 0 Å². The Bertz CT molecular complexity index is 143. The average Bonchev–Trinajstić information content (AvgIpc) is 1.98. The number of hydrogen-bond acceptors (Lipinski definition) is 3. The minimum absolute atomic E-state index is 0.158. The molecule has 0 saturated carbocycles. The molecule has 15 heavy (non-hydrogen) atoms. The van der Waals surface area contributed by atoms with E-state index in [1.807, 2.05) is 0 Å². The Morgan fingerprint density at radius 2 is 1.40 bits per heavy atom. The second-order valence-electron chi connectivity index (χ2n) is 5.19. The first-order chi connectivity index (χ1) is 6.71. The maximum atomic E-state index is 5.50. The first-order valence-corrected chi connectivity index (χ1v) is 6.55. The fraction of sp³-hybridized carbons (Fsp3) is 1.00. The normalized spacial score (nSPS) is 13.2. The van der Waals surface area contributed by atoms with Gasteiger partial charge < -0.3 is 15.4 Å². The Kier molecular flexibility index (Phi) is 7.32. The second-order valence-corrected chi connectivity index (χ2v) is 7.89. The lowest BCUT2D eigenvalue weighted by molar-refractivity contribution is 0.131. The molecule has 2 N–H and O–H groups in total. The minimum Gasteiger partial charge on any atom is -0.379 e. The van der Waals surface area contributed by atoms with E-state index in [2.05, 4.69) is 67.8 Å². The van der Waals surface area contributed by atoms with Crippen LogP contribution in [0.4, 0.5) is 0 Å². The molecule has 0 radical (unpaired) electrons. The Hall–Kier alpha value is 0.610. The second kappa shape index (κ2) is 7.04. The molecule has 0 amide bonds. The summed E-state index contributed by atoms with van der Waals surface area (Å²) >= 11 is 2.38. The average molecular weight is 328 g/mol. The van der Waals surface area contributed by atoms with Gasteiger partial charge in [0.25, 0.3) is 0 Å². The molecular formula is C11H25IN2O. The van der Waals surface area contributed by atoms with Gasteiger partial charge in [-0.3, -0.25) is 0 Å². The van der Waals surface area contributed by atoms with Gasteiger partial charge in [0, 0.05) is 18.6 Å². The highest BCUT2D eigenvalue weighted by molar-refractivity contribution is 14.1. The highest BCUT2D eigenvalue weighted by atomic mass is 127. The largest absolute Gasteiger partial charge is 0.379 e. The van der Waals surface area contributed by atoms with Gasteiger partial charge in [-0.05, 0) is 34.6 Å². The third kappa shape index (κ3) is 14.6. The lowest BCUT2D eigenvalue weighted by Gasteiger charge is -2.21. The van der Waals surface area contributed by atoms with Gasteiger partial charge in [0.1, 0.15) is 0 Å². The third-order valence-corrected chi connectivity index (χ3v) is 2.07. The number of ether oxygens (including phenoxy) is 1. The van der Waals surface area contributed by atoms with E-state index in [-0.39, 0.29) is 9.08 Å². The predicted octanol–water partition coefficient (Wildman–Crippen LogP) is 2.15. The van der Waals surface area contributed by atoms with Gasteiger partial charge in [0.2, 0.25) is 0 Å². The first kappa shape index (κ1) is 15.6. The molecule has 0 spiro atoms. The van der Waals surface area contributed by atoms with Crippen molar-refractivity contribution in [3.8, 4) is 0 Å². The molecule has 0 bridgehead atoms. The summed E-state index contributed by atoms with van der Waals surface area (Å²) in [5.41, 5.74) is 0.186. The van der Waals surface area contributed by atoms with Crippen LogP contribution in [0.25, 0.3) is 0 Å². The molecule has 3 nitrogen and oxygen atoms in total. The topological polar surface area (TPSA) is 33.3 Å². The van der Waals surface area contributed by atoms with Gasteiger partial charge in [-0.15, -0.1) is 0 Å². The molecule has 0 aliphatic carbocycles. The molecule has 0 saturated heterocycles. The molecular weight excluding hydrogens is 303 g/mol. The van der Waals surface area contributed by atoms with E-state index < -0.39 is 0 Å². The highest BCUT2D eigenvalue weighted by Gasteiger charge is 2.10. The van der Waals surface area contributed by atoms with Crippen molar-refractivity contribution in [2.75, 3.05) is 26.3 Å². The summed E-state index contributed by atoms with van der Waals surface area (Å²) in [5, 5.41) is 6.75. The van der Waals surface area contributed by atoms with Crippen LogP contribution in [0.1, 0.15) is 34.6 Å². The van der Waals surface area contributed by atoms with Crippen LogP contribution in [0.2, 0.25) is 0 Å². The summed E-state index contributed by atoms with van der Waals surface area (Å²) in [6, 6.07) is 0. The monoisotopic (exact) mass is 328 g/mol. The van der Waals surface area contributed by atoms with Crippen LogP contribution in [0.15, 0.2) is 0 Å². The number of alkyl halides is 1.